The van der Waals surface area contributed by atoms with Crippen LogP contribution in [0.3, 0.4) is 0 Å². The lowest BCUT2D eigenvalue weighted by Crippen LogP contribution is -2.47. The molecule has 132 valence electrons. The van der Waals surface area contributed by atoms with Crippen LogP contribution < -0.4 is 4.74 Å². The number of rotatable bonds is 2. The molecule has 1 aromatic heterocycles. The number of aromatic nitrogens is 1. The van der Waals surface area contributed by atoms with Gasteiger partial charge in [-0.05, 0) is 37.1 Å². The molecule has 5 heteroatoms. The van der Waals surface area contributed by atoms with Gasteiger partial charge in [-0.15, -0.1) is 0 Å². The van der Waals surface area contributed by atoms with Gasteiger partial charge in [0.2, 0.25) is 0 Å². The van der Waals surface area contributed by atoms with Gasteiger partial charge in [0.1, 0.15) is 5.75 Å². The lowest BCUT2D eigenvalue weighted by atomic mass is 9.86. The van der Waals surface area contributed by atoms with Crippen molar-refractivity contribution in [3.8, 4) is 5.75 Å². The first kappa shape index (κ1) is 15.3. The van der Waals surface area contributed by atoms with Gasteiger partial charge in [0.15, 0.2) is 6.23 Å². The van der Waals surface area contributed by atoms with E-state index in [1.807, 2.05) is 19.1 Å². The summed E-state index contributed by atoms with van der Waals surface area (Å²) in [6.45, 7) is 2.89. The molecule has 26 heavy (non-hydrogen) atoms. The average molecular weight is 348 g/mol. The van der Waals surface area contributed by atoms with Gasteiger partial charge >= 0.3 is 5.97 Å². The highest BCUT2D eigenvalue weighted by molar-refractivity contribution is 6.06. The number of nitrogens with one attached hydrogen (secondary N) is 1. The second kappa shape index (κ2) is 5.80. The van der Waals surface area contributed by atoms with Gasteiger partial charge < -0.3 is 19.4 Å². The summed E-state index contributed by atoms with van der Waals surface area (Å²) in [6.07, 6.45) is 13.4. The summed E-state index contributed by atoms with van der Waals surface area (Å²) in [5, 5.41) is 0.901. The van der Waals surface area contributed by atoms with Crippen LogP contribution in [-0.4, -0.2) is 28.7 Å². The maximum atomic E-state index is 12.4. The lowest BCUT2D eigenvalue weighted by Gasteiger charge is -2.44. The molecule has 1 aromatic carbocycles. The molecule has 1 aliphatic carbocycles. The van der Waals surface area contributed by atoms with Crippen LogP contribution in [0, 0.1) is 5.92 Å². The van der Waals surface area contributed by atoms with E-state index < -0.39 is 0 Å². The molecular weight excluding hydrogens is 328 g/mol. The van der Waals surface area contributed by atoms with Crippen molar-refractivity contribution in [3.63, 3.8) is 0 Å². The van der Waals surface area contributed by atoms with Crippen molar-refractivity contribution >= 4 is 16.9 Å². The van der Waals surface area contributed by atoms with Crippen molar-refractivity contribution in [1.82, 2.24) is 9.88 Å². The summed E-state index contributed by atoms with van der Waals surface area (Å²) in [6, 6.07) is 3.98. The Morgan fingerprint density at radius 3 is 3.23 bits per heavy atom. The Balaban J connectivity index is 1.59. The quantitative estimate of drug-likeness (QED) is 0.837. The van der Waals surface area contributed by atoms with Crippen LogP contribution in [0.5, 0.6) is 5.75 Å². The third-order valence-corrected chi connectivity index (χ3v) is 5.37. The Morgan fingerprint density at radius 2 is 2.35 bits per heavy atom. The average Bonchev–Trinajstić information content (AvgIpc) is 3.11. The number of aromatic amines is 1. The third kappa shape index (κ3) is 2.20. The smallest absolute Gasteiger partial charge is 0.340 e. The Hall–Kier alpha value is -2.95. The van der Waals surface area contributed by atoms with E-state index >= 15 is 0 Å². The topological polar surface area (TPSA) is 54.6 Å². The van der Waals surface area contributed by atoms with Gasteiger partial charge in [-0.1, -0.05) is 18.2 Å². The van der Waals surface area contributed by atoms with E-state index in [0.717, 1.165) is 28.6 Å². The molecule has 2 unspecified atom stereocenters. The van der Waals surface area contributed by atoms with Crippen LogP contribution in [0.15, 0.2) is 54.4 Å². The molecule has 0 saturated heterocycles. The van der Waals surface area contributed by atoms with Crippen molar-refractivity contribution in [2.45, 2.75) is 26.1 Å². The van der Waals surface area contributed by atoms with Crippen LogP contribution >= 0.6 is 0 Å². The molecule has 5 rings (SSSR count). The summed E-state index contributed by atoms with van der Waals surface area (Å²) in [5.41, 5.74) is 3.84. The molecule has 0 amide bonds. The van der Waals surface area contributed by atoms with Gasteiger partial charge in [0.25, 0.3) is 0 Å². The number of H-pyrrole nitrogens is 1. The molecule has 0 bridgehead atoms. The minimum absolute atomic E-state index is 0.00821. The summed E-state index contributed by atoms with van der Waals surface area (Å²) in [7, 11) is 0. The first-order chi connectivity index (χ1) is 12.8. The fourth-order valence-electron chi connectivity index (χ4n) is 4.14. The molecule has 3 heterocycles. The first-order valence-corrected chi connectivity index (χ1v) is 9.03. The lowest BCUT2D eigenvalue weighted by molar-refractivity contribution is -0.00335. The van der Waals surface area contributed by atoms with Gasteiger partial charge in [-0.25, -0.2) is 4.79 Å². The number of hydrogen-bond donors (Lipinski definition) is 1. The van der Waals surface area contributed by atoms with Crippen molar-refractivity contribution in [2.75, 3.05) is 6.61 Å². The Bertz CT molecular complexity index is 983. The molecule has 0 radical (unpaired) electrons. The fourth-order valence-corrected chi connectivity index (χ4v) is 4.14. The highest BCUT2D eigenvalue weighted by Crippen LogP contribution is 2.41. The molecule has 2 aromatic rings. The van der Waals surface area contributed by atoms with Gasteiger partial charge in [0, 0.05) is 34.8 Å². The van der Waals surface area contributed by atoms with Crippen molar-refractivity contribution in [3.05, 3.63) is 65.5 Å². The number of carbonyl (C=O) groups is 1. The SMILES string of the molecule is CCOC(=O)c1c[nH]c2ccc3c(c12)CN1C=CC2=CC=CCC2C1O3. The molecule has 0 spiro atoms. The largest absolute Gasteiger partial charge is 0.469 e. The van der Waals surface area contributed by atoms with Crippen LogP contribution in [-0.2, 0) is 11.3 Å². The third-order valence-electron chi connectivity index (χ3n) is 5.37. The number of nitrogens with zero attached hydrogens (tertiary/aromatic N) is 1. The van der Waals surface area contributed by atoms with Gasteiger partial charge in [-0.2, -0.15) is 0 Å². The molecule has 2 atom stereocenters. The predicted octanol–water partition coefficient (Wildman–Crippen LogP) is 3.89. The zero-order valence-corrected chi connectivity index (χ0v) is 14.6. The minimum atomic E-state index is -0.300. The number of ether oxygens (including phenoxy) is 2. The highest BCUT2D eigenvalue weighted by atomic mass is 16.5. The van der Waals surface area contributed by atoms with Crippen LogP contribution in [0.4, 0.5) is 0 Å². The zero-order valence-electron chi connectivity index (χ0n) is 14.6. The molecular formula is C21H20N2O3. The van der Waals surface area contributed by atoms with E-state index in [1.54, 1.807) is 6.20 Å². The molecule has 3 aliphatic rings. The summed E-state index contributed by atoms with van der Waals surface area (Å²) < 4.78 is 11.6. The van der Waals surface area contributed by atoms with E-state index in [1.165, 1.54) is 5.57 Å². The fraction of sp³-hybridized carbons (Fsp3) is 0.286. The molecule has 0 fully saturated rings. The number of esters is 1. The second-order valence-corrected chi connectivity index (χ2v) is 6.82. The van der Waals surface area contributed by atoms with Crippen molar-refractivity contribution in [2.24, 2.45) is 5.92 Å². The monoisotopic (exact) mass is 348 g/mol. The van der Waals surface area contributed by atoms with Gasteiger partial charge in [0.05, 0.1) is 18.7 Å². The van der Waals surface area contributed by atoms with Crippen LogP contribution in [0.25, 0.3) is 10.9 Å². The molecule has 1 N–H and O–H groups in total. The predicted molar refractivity (Wildman–Crippen MR) is 98.7 cm³/mol. The van der Waals surface area contributed by atoms with E-state index in [9.17, 15) is 4.79 Å². The number of carbonyl (C=O) groups excluding carboxylic acids is 1. The number of fused-ring (bicyclic) bond motifs is 6. The standard InChI is InChI=1S/C21H20N2O3/c1-2-25-21(24)15-11-22-17-7-8-18-16(19(15)17)12-23-10-9-13-5-3-4-6-14(13)20(23)26-18/h3-5,7-11,14,20,22H,2,6,12H2,1H3. The van der Waals surface area contributed by atoms with Crippen molar-refractivity contribution in [1.29, 1.82) is 0 Å². The Labute approximate surface area is 151 Å². The number of allylic oxidation sites excluding steroid dienone is 4. The maximum absolute atomic E-state index is 12.4. The Kier molecular flexibility index (Phi) is 3.42. The summed E-state index contributed by atoms with van der Waals surface area (Å²) in [4.78, 5) is 17.8. The van der Waals surface area contributed by atoms with E-state index in [2.05, 4.69) is 40.4 Å². The molecule has 2 aliphatic heterocycles. The minimum Gasteiger partial charge on any atom is -0.469 e. The van der Waals surface area contributed by atoms with E-state index in [0.29, 0.717) is 24.6 Å². The summed E-state index contributed by atoms with van der Waals surface area (Å²) >= 11 is 0. The van der Waals surface area contributed by atoms with Crippen molar-refractivity contribution < 1.29 is 14.3 Å². The highest BCUT2D eigenvalue weighted by Gasteiger charge is 2.37. The second-order valence-electron chi connectivity index (χ2n) is 6.82. The number of hydrogen-bond acceptors (Lipinski definition) is 4. The first-order valence-electron chi connectivity index (χ1n) is 9.03. The zero-order chi connectivity index (χ0) is 17.7. The normalized spacial score (nSPS) is 23.0. The molecule has 0 saturated carbocycles. The Morgan fingerprint density at radius 1 is 1.42 bits per heavy atom. The maximum Gasteiger partial charge on any atom is 0.340 e. The van der Waals surface area contributed by atoms with Crippen LogP contribution in [0.1, 0.15) is 29.3 Å². The molecule has 5 nitrogen and oxygen atoms in total. The summed E-state index contributed by atoms with van der Waals surface area (Å²) in [5.74, 6) is 0.892. The van der Waals surface area contributed by atoms with E-state index in [-0.39, 0.29) is 12.2 Å². The van der Waals surface area contributed by atoms with Crippen LogP contribution in [0.2, 0.25) is 0 Å². The van der Waals surface area contributed by atoms with E-state index in [4.69, 9.17) is 9.47 Å². The number of benzene rings is 1. The van der Waals surface area contributed by atoms with Gasteiger partial charge in [-0.3, -0.25) is 0 Å².